The third-order valence-electron chi connectivity index (χ3n) is 1.37. The first-order valence-corrected chi connectivity index (χ1v) is 6.86. The summed E-state index contributed by atoms with van der Waals surface area (Å²) < 4.78 is 0. The van der Waals surface area contributed by atoms with Gasteiger partial charge in [-0.1, -0.05) is 48.5 Å². The zero-order valence-corrected chi connectivity index (χ0v) is 12.9. The summed E-state index contributed by atoms with van der Waals surface area (Å²) in [4.78, 5) is 8.24. The van der Waals surface area contributed by atoms with Crippen LogP contribution >= 0.6 is 0 Å². The van der Waals surface area contributed by atoms with Crippen molar-refractivity contribution in [2.75, 3.05) is 0 Å². The van der Waals surface area contributed by atoms with Crippen molar-refractivity contribution >= 4 is 11.0 Å². The van der Waals surface area contributed by atoms with Gasteiger partial charge in [-0.3, -0.25) is 9.97 Å². The third kappa shape index (κ3) is 9.76. The SMILES string of the molecule is CC.CC.CC(C)C.c1cnc2cccnc2c1. The highest BCUT2D eigenvalue weighted by Gasteiger charge is 1.88. The number of aromatic nitrogens is 2. The van der Waals surface area contributed by atoms with E-state index < -0.39 is 0 Å². The second kappa shape index (κ2) is 13.6. The maximum Gasteiger partial charge on any atom is 0.0886 e. The molecule has 2 rings (SSSR count). The Hall–Kier alpha value is -1.44. The van der Waals surface area contributed by atoms with Crippen LogP contribution in [0.3, 0.4) is 0 Å². The summed E-state index contributed by atoms with van der Waals surface area (Å²) in [5, 5.41) is 0. The van der Waals surface area contributed by atoms with Gasteiger partial charge in [-0.25, -0.2) is 0 Å². The molecular formula is C16H28N2. The normalized spacial score (nSPS) is 8.22. The van der Waals surface area contributed by atoms with Gasteiger partial charge in [0.05, 0.1) is 11.0 Å². The Balaban J connectivity index is 0. The van der Waals surface area contributed by atoms with Gasteiger partial charge in [-0.2, -0.15) is 0 Å². The minimum atomic E-state index is 0.833. The zero-order valence-electron chi connectivity index (χ0n) is 12.9. The molecule has 2 aromatic heterocycles. The van der Waals surface area contributed by atoms with Crippen LogP contribution in [0.15, 0.2) is 36.7 Å². The molecule has 0 aromatic carbocycles. The topological polar surface area (TPSA) is 25.8 Å². The number of hydrogen-bond donors (Lipinski definition) is 0. The van der Waals surface area contributed by atoms with Crippen molar-refractivity contribution in [2.24, 2.45) is 5.92 Å². The van der Waals surface area contributed by atoms with Crippen molar-refractivity contribution in [1.82, 2.24) is 9.97 Å². The number of pyridine rings is 2. The van der Waals surface area contributed by atoms with Gasteiger partial charge in [0.15, 0.2) is 0 Å². The predicted octanol–water partition coefficient (Wildman–Crippen LogP) is 5.34. The molecule has 0 aliphatic carbocycles. The largest absolute Gasteiger partial charge is 0.255 e. The molecule has 0 aliphatic heterocycles. The van der Waals surface area contributed by atoms with Crippen molar-refractivity contribution in [2.45, 2.75) is 48.5 Å². The second-order valence-electron chi connectivity index (χ2n) is 3.78. The van der Waals surface area contributed by atoms with E-state index in [2.05, 4.69) is 30.7 Å². The summed E-state index contributed by atoms with van der Waals surface area (Å²) in [5.41, 5.74) is 1.90. The van der Waals surface area contributed by atoms with Gasteiger partial charge >= 0.3 is 0 Å². The van der Waals surface area contributed by atoms with Crippen molar-refractivity contribution in [3.05, 3.63) is 36.7 Å². The Bertz CT molecular complexity index is 315. The molecule has 0 unspecified atom stereocenters. The molecule has 0 N–H and O–H groups in total. The summed E-state index contributed by atoms with van der Waals surface area (Å²) in [5.74, 6) is 0.833. The highest BCUT2D eigenvalue weighted by Crippen LogP contribution is 2.04. The highest BCUT2D eigenvalue weighted by atomic mass is 14.7. The minimum absolute atomic E-state index is 0.833. The van der Waals surface area contributed by atoms with Crippen molar-refractivity contribution in [1.29, 1.82) is 0 Å². The molecule has 2 heterocycles. The van der Waals surface area contributed by atoms with Crippen LogP contribution in [0.1, 0.15) is 48.5 Å². The molecule has 0 saturated carbocycles. The van der Waals surface area contributed by atoms with Crippen LogP contribution in [0, 0.1) is 5.92 Å². The average molecular weight is 248 g/mol. The van der Waals surface area contributed by atoms with Crippen LogP contribution in [-0.2, 0) is 0 Å². The lowest BCUT2D eigenvalue weighted by molar-refractivity contribution is 0.737. The molecule has 0 aliphatic rings. The van der Waals surface area contributed by atoms with E-state index in [1.54, 1.807) is 12.4 Å². The number of hydrogen-bond acceptors (Lipinski definition) is 2. The molecule has 0 bridgehead atoms. The lowest BCUT2D eigenvalue weighted by atomic mass is 10.3. The fraction of sp³-hybridized carbons (Fsp3) is 0.500. The van der Waals surface area contributed by atoms with E-state index in [9.17, 15) is 0 Å². The average Bonchev–Trinajstić information content (AvgIpc) is 2.43. The van der Waals surface area contributed by atoms with Crippen LogP contribution in [0.25, 0.3) is 11.0 Å². The van der Waals surface area contributed by atoms with Gasteiger partial charge in [-0.05, 0) is 30.2 Å². The standard InChI is InChI=1S/C8H6N2.C4H10.2C2H6/c1-3-7-8(9-5-1)4-2-6-10-7;1-4(2)3;2*1-2/h1-6H;4H,1-3H3;2*1-2H3. The second-order valence-corrected chi connectivity index (χ2v) is 3.78. The molecule has 2 nitrogen and oxygen atoms in total. The van der Waals surface area contributed by atoms with E-state index in [0.29, 0.717) is 0 Å². The van der Waals surface area contributed by atoms with Gasteiger partial charge in [0.1, 0.15) is 0 Å². The first-order chi connectivity index (χ1) is 8.70. The Morgan fingerprint density at radius 3 is 1.28 bits per heavy atom. The summed E-state index contributed by atoms with van der Waals surface area (Å²) in [7, 11) is 0. The molecule has 0 atom stereocenters. The van der Waals surface area contributed by atoms with Crippen molar-refractivity contribution in [3.8, 4) is 0 Å². The third-order valence-corrected chi connectivity index (χ3v) is 1.37. The van der Waals surface area contributed by atoms with E-state index in [4.69, 9.17) is 0 Å². The summed E-state index contributed by atoms with van der Waals surface area (Å²) >= 11 is 0. The van der Waals surface area contributed by atoms with Gasteiger partial charge in [-0.15, -0.1) is 0 Å². The van der Waals surface area contributed by atoms with Crippen molar-refractivity contribution < 1.29 is 0 Å². The smallest absolute Gasteiger partial charge is 0.0886 e. The minimum Gasteiger partial charge on any atom is -0.255 e. The van der Waals surface area contributed by atoms with Gasteiger partial charge in [0.2, 0.25) is 0 Å². The van der Waals surface area contributed by atoms with Crippen LogP contribution < -0.4 is 0 Å². The molecule has 18 heavy (non-hydrogen) atoms. The summed E-state index contributed by atoms with van der Waals surface area (Å²) in [6.45, 7) is 14.5. The van der Waals surface area contributed by atoms with E-state index in [0.717, 1.165) is 17.0 Å². The van der Waals surface area contributed by atoms with E-state index in [1.807, 2.05) is 52.0 Å². The highest BCUT2D eigenvalue weighted by molar-refractivity contribution is 5.72. The lowest BCUT2D eigenvalue weighted by Gasteiger charge is -1.90. The maximum atomic E-state index is 4.12. The van der Waals surface area contributed by atoms with E-state index in [-0.39, 0.29) is 0 Å². The summed E-state index contributed by atoms with van der Waals surface area (Å²) in [6, 6.07) is 7.66. The molecule has 0 amide bonds. The van der Waals surface area contributed by atoms with Gasteiger partial charge in [0, 0.05) is 12.4 Å². The number of nitrogens with zero attached hydrogens (tertiary/aromatic N) is 2. The van der Waals surface area contributed by atoms with Crippen molar-refractivity contribution in [3.63, 3.8) is 0 Å². The molecule has 0 spiro atoms. The van der Waals surface area contributed by atoms with Crippen LogP contribution in [0.4, 0.5) is 0 Å². The maximum absolute atomic E-state index is 4.12. The van der Waals surface area contributed by atoms with Crippen LogP contribution in [0.2, 0.25) is 0 Å². The zero-order chi connectivity index (χ0) is 14.4. The lowest BCUT2D eigenvalue weighted by Crippen LogP contribution is -1.78. The van der Waals surface area contributed by atoms with Gasteiger partial charge < -0.3 is 0 Å². The molecule has 0 saturated heterocycles. The molecule has 102 valence electrons. The Labute approximate surface area is 112 Å². The molecule has 2 heteroatoms. The Kier molecular flexibility index (Phi) is 14.3. The Morgan fingerprint density at radius 1 is 0.722 bits per heavy atom. The molecule has 2 aromatic rings. The number of fused-ring (bicyclic) bond motifs is 1. The van der Waals surface area contributed by atoms with E-state index >= 15 is 0 Å². The van der Waals surface area contributed by atoms with E-state index in [1.165, 1.54) is 0 Å². The fourth-order valence-corrected chi connectivity index (χ4v) is 0.904. The molecular weight excluding hydrogens is 220 g/mol. The number of rotatable bonds is 0. The molecule has 0 fully saturated rings. The first kappa shape index (κ1) is 18.9. The quantitative estimate of drug-likeness (QED) is 0.628. The monoisotopic (exact) mass is 248 g/mol. The predicted molar refractivity (Wildman–Crippen MR) is 82.7 cm³/mol. The van der Waals surface area contributed by atoms with Gasteiger partial charge in [0.25, 0.3) is 0 Å². The van der Waals surface area contributed by atoms with Crippen LogP contribution in [-0.4, -0.2) is 9.97 Å². The summed E-state index contributed by atoms with van der Waals surface area (Å²) in [6.07, 6.45) is 3.54. The van der Waals surface area contributed by atoms with Crippen LogP contribution in [0.5, 0.6) is 0 Å². The fourth-order valence-electron chi connectivity index (χ4n) is 0.904. The Morgan fingerprint density at radius 2 is 1.00 bits per heavy atom. The molecule has 0 radical (unpaired) electrons. The first-order valence-electron chi connectivity index (χ1n) is 6.86.